The number of hydrogen-bond donors (Lipinski definition) is 0. The van der Waals surface area contributed by atoms with Crippen LogP contribution in [-0.2, 0) is 19.4 Å². The summed E-state index contributed by atoms with van der Waals surface area (Å²) in [5.41, 5.74) is 1.71. The van der Waals surface area contributed by atoms with E-state index in [-0.39, 0.29) is 23.5 Å². The van der Waals surface area contributed by atoms with Gasteiger partial charge in [0.1, 0.15) is 0 Å². The van der Waals surface area contributed by atoms with Gasteiger partial charge in [0.15, 0.2) is 15.9 Å². The minimum Gasteiger partial charge on any atom is -0.449 e. The second kappa shape index (κ2) is 7.87. The topological polar surface area (TPSA) is 93.6 Å². The predicted molar refractivity (Wildman–Crippen MR) is 106 cm³/mol. The molecule has 150 valence electrons. The van der Waals surface area contributed by atoms with Gasteiger partial charge in [-0.25, -0.2) is 13.2 Å². The molecule has 1 saturated heterocycles. The van der Waals surface area contributed by atoms with Crippen LogP contribution in [0.3, 0.4) is 0 Å². The Bertz CT molecular complexity index is 1020. The van der Waals surface area contributed by atoms with E-state index in [2.05, 4.69) is 4.98 Å². The molecular formula is C20H24N2O5S. The van der Waals surface area contributed by atoms with Crippen LogP contribution in [0, 0.1) is 6.92 Å². The maximum atomic E-state index is 12.8. The Morgan fingerprint density at radius 2 is 2.04 bits per heavy atom. The van der Waals surface area contributed by atoms with Gasteiger partial charge in [0.25, 0.3) is 5.91 Å². The van der Waals surface area contributed by atoms with Gasteiger partial charge in [-0.3, -0.25) is 9.78 Å². The van der Waals surface area contributed by atoms with E-state index in [9.17, 15) is 18.0 Å². The van der Waals surface area contributed by atoms with Crippen LogP contribution in [0.5, 0.6) is 0 Å². The summed E-state index contributed by atoms with van der Waals surface area (Å²) in [6.45, 7) is 5.45. The number of esters is 1. The molecule has 0 unspecified atom stereocenters. The largest absolute Gasteiger partial charge is 0.449 e. The number of carbonyl (C=O) groups excluding carboxylic acids is 2. The van der Waals surface area contributed by atoms with Gasteiger partial charge in [0, 0.05) is 23.7 Å². The van der Waals surface area contributed by atoms with Crippen LogP contribution < -0.4 is 0 Å². The number of nitrogens with zero attached hydrogens (tertiary/aromatic N) is 2. The lowest BCUT2D eigenvalue weighted by atomic mass is 10.1. The molecule has 7 nitrogen and oxygen atoms in total. The third-order valence-electron chi connectivity index (χ3n) is 4.97. The summed E-state index contributed by atoms with van der Waals surface area (Å²) in [4.78, 5) is 31.5. The van der Waals surface area contributed by atoms with Gasteiger partial charge in [-0.1, -0.05) is 18.2 Å². The molecule has 1 aliphatic heterocycles. The normalized spacial score (nSPS) is 19.3. The molecule has 2 aromatic rings. The fourth-order valence-electron chi connectivity index (χ4n) is 3.60. The average molecular weight is 404 g/mol. The van der Waals surface area contributed by atoms with Gasteiger partial charge in [-0.15, -0.1) is 0 Å². The minimum atomic E-state index is -3.11. The molecule has 2 atom stereocenters. The Hall–Kier alpha value is -2.48. The summed E-state index contributed by atoms with van der Waals surface area (Å²) in [5, 5.41) is 0.659. The van der Waals surface area contributed by atoms with Crippen molar-refractivity contribution in [2.24, 2.45) is 0 Å². The SMILES string of the molecule is CCN(C(=O)[C@H](C)OC(=O)c1cc(C)nc2ccccc12)[C@@H]1CCS(=O)(=O)C1. The highest BCUT2D eigenvalue weighted by atomic mass is 32.2. The molecule has 0 bridgehead atoms. The zero-order chi connectivity index (χ0) is 20.5. The van der Waals surface area contributed by atoms with E-state index >= 15 is 0 Å². The number of carbonyl (C=O) groups is 2. The fraction of sp³-hybridized carbons (Fsp3) is 0.450. The Labute approximate surface area is 164 Å². The first-order valence-electron chi connectivity index (χ1n) is 9.30. The predicted octanol–water partition coefficient (Wildman–Crippen LogP) is 2.12. The van der Waals surface area contributed by atoms with Crippen LogP contribution in [0.1, 0.15) is 36.3 Å². The molecular weight excluding hydrogens is 380 g/mol. The van der Waals surface area contributed by atoms with E-state index < -0.39 is 21.9 Å². The smallest absolute Gasteiger partial charge is 0.339 e. The van der Waals surface area contributed by atoms with E-state index in [4.69, 9.17) is 4.74 Å². The first-order chi connectivity index (χ1) is 13.2. The number of hydrogen-bond acceptors (Lipinski definition) is 6. The van der Waals surface area contributed by atoms with Crippen LogP contribution in [0.15, 0.2) is 30.3 Å². The van der Waals surface area contributed by atoms with Crippen molar-refractivity contribution < 1.29 is 22.7 Å². The summed E-state index contributed by atoms with van der Waals surface area (Å²) >= 11 is 0. The summed E-state index contributed by atoms with van der Waals surface area (Å²) in [6.07, 6.45) is -0.598. The zero-order valence-corrected chi connectivity index (χ0v) is 17.0. The molecule has 0 radical (unpaired) electrons. The molecule has 2 heterocycles. The highest BCUT2D eigenvalue weighted by molar-refractivity contribution is 7.91. The van der Waals surface area contributed by atoms with Crippen LogP contribution in [-0.4, -0.2) is 60.4 Å². The minimum absolute atomic E-state index is 0.0402. The number of aryl methyl sites for hydroxylation is 1. The molecule has 0 aliphatic carbocycles. The van der Waals surface area contributed by atoms with Crippen molar-refractivity contribution >= 4 is 32.6 Å². The number of ether oxygens (including phenoxy) is 1. The maximum absolute atomic E-state index is 12.8. The summed E-state index contributed by atoms with van der Waals surface area (Å²) in [5.74, 6) is -0.940. The maximum Gasteiger partial charge on any atom is 0.339 e. The Morgan fingerprint density at radius 3 is 2.68 bits per heavy atom. The summed E-state index contributed by atoms with van der Waals surface area (Å²) in [6, 6.07) is 8.52. The molecule has 1 amide bonds. The molecule has 3 rings (SSSR count). The van der Waals surface area contributed by atoms with Gasteiger partial charge >= 0.3 is 5.97 Å². The third-order valence-corrected chi connectivity index (χ3v) is 6.72. The fourth-order valence-corrected chi connectivity index (χ4v) is 5.33. The number of likely N-dealkylation sites (N-methyl/N-ethyl adjacent to an activating group) is 1. The Balaban J connectivity index is 1.78. The van der Waals surface area contributed by atoms with Gasteiger partial charge in [-0.05, 0) is 39.3 Å². The third kappa shape index (κ3) is 4.16. The van der Waals surface area contributed by atoms with Crippen molar-refractivity contribution in [2.75, 3.05) is 18.1 Å². The molecule has 28 heavy (non-hydrogen) atoms. The van der Waals surface area contributed by atoms with E-state index in [1.807, 2.05) is 18.2 Å². The van der Waals surface area contributed by atoms with Gasteiger partial charge in [-0.2, -0.15) is 0 Å². The number of pyridine rings is 1. The van der Waals surface area contributed by atoms with E-state index in [1.165, 1.54) is 11.8 Å². The van der Waals surface area contributed by atoms with E-state index in [1.54, 1.807) is 26.0 Å². The monoisotopic (exact) mass is 404 g/mol. The van der Waals surface area contributed by atoms with Crippen molar-refractivity contribution in [2.45, 2.75) is 39.3 Å². The number of rotatable bonds is 5. The number of para-hydroxylation sites is 1. The van der Waals surface area contributed by atoms with Gasteiger partial charge < -0.3 is 9.64 Å². The summed E-state index contributed by atoms with van der Waals surface area (Å²) in [7, 11) is -3.11. The van der Waals surface area contributed by atoms with Crippen molar-refractivity contribution in [1.82, 2.24) is 9.88 Å². The van der Waals surface area contributed by atoms with Gasteiger partial charge in [0.05, 0.1) is 22.6 Å². The standard InChI is InChI=1S/C20H24N2O5S/c1-4-22(15-9-10-28(25,26)12-15)19(23)14(3)27-20(24)17-11-13(2)21-18-8-6-5-7-16(17)18/h5-8,11,14-15H,4,9-10,12H2,1-3H3/t14-,15+/m0/s1. The molecule has 0 spiro atoms. The quantitative estimate of drug-likeness (QED) is 0.709. The molecule has 1 aromatic carbocycles. The second-order valence-electron chi connectivity index (χ2n) is 7.06. The molecule has 1 aliphatic rings. The number of aromatic nitrogens is 1. The first kappa shape index (κ1) is 20.3. The van der Waals surface area contributed by atoms with Crippen LogP contribution >= 0.6 is 0 Å². The summed E-state index contributed by atoms with van der Waals surface area (Å²) < 4.78 is 28.9. The lowest BCUT2D eigenvalue weighted by Gasteiger charge is -2.29. The Morgan fingerprint density at radius 1 is 1.32 bits per heavy atom. The molecule has 8 heteroatoms. The highest BCUT2D eigenvalue weighted by Gasteiger charge is 2.36. The van der Waals surface area contributed by atoms with Crippen LogP contribution in [0.25, 0.3) is 10.9 Å². The second-order valence-corrected chi connectivity index (χ2v) is 9.29. The Kier molecular flexibility index (Phi) is 5.69. The first-order valence-corrected chi connectivity index (χ1v) is 11.1. The van der Waals surface area contributed by atoms with Crippen molar-refractivity contribution in [3.8, 4) is 0 Å². The molecule has 0 N–H and O–H groups in total. The number of fused-ring (bicyclic) bond motifs is 1. The van der Waals surface area contributed by atoms with E-state index in [0.717, 1.165) is 0 Å². The van der Waals surface area contributed by atoms with Crippen LogP contribution in [0.2, 0.25) is 0 Å². The zero-order valence-electron chi connectivity index (χ0n) is 16.2. The molecule has 1 fully saturated rings. The average Bonchev–Trinajstić information content (AvgIpc) is 3.00. The lowest BCUT2D eigenvalue weighted by molar-refractivity contribution is -0.141. The molecule has 0 saturated carbocycles. The molecule has 1 aromatic heterocycles. The number of sulfone groups is 1. The number of benzene rings is 1. The van der Waals surface area contributed by atoms with Crippen LogP contribution in [0.4, 0.5) is 0 Å². The van der Waals surface area contributed by atoms with Crippen molar-refractivity contribution in [1.29, 1.82) is 0 Å². The van der Waals surface area contributed by atoms with Crippen molar-refractivity contribution in [3.05, 3.63) is 41.6 Å². The lowest BCUT2D eigenvalue weighted by Crippen LogP contribution is -2.46. The van der Waals surface area contributed by atoms with Crippen molar-refractivity contribution in [3.63, 3.8) is 0 Å². The van der Waals surface area contributed by atoms with Gasteiger partial charge in [0.2, 0.25) is 0 Å². The highest BCUT2D eigenvalue weighted by Crippen LogP contribution is 2.22. The van der Waals surface area contributed by atoms with E-state index in [0.29, 0.717) is 35.1 Å². The number of amides is 1.